The molecule has 0 aliphatic carbocycles. The van der Waals surface area contributed by atoms with Gasteiger partial charge in [-0.1, -0.05) is 11.8 Å². The summed E-state index contributed by atoms with van der Waals surface area (Å²) in [4.78, 5) is 4.31. The van der Waals surface area contributed by atoms with Gasteiger partial charge in [0.15, 0.2) is 0 Å². The lowest BCUT2D eigenvalue weighted by Gasteiger charge is -2.09. The van der Waals surface area contributed by atoms with Crippen LogP contribution in [0.15, 0.2) is 15.9 Å². The number of rotatable bonds is 2. The molecule has 0 bridgehead atoms. The molecule has 78 valence electrons. The van der Waals surface area contributed by atoms with Gasteiger partial charge in [0.25, 0.3) is 5.22 Å². The minimum Gasteiger partial charge on any atom is -0.440 e. The van der Waals surface area contributed by atoms with Crippen molar-refractivity contribution in [3.05, 3.63) is 12.0 Å². The van der Waals surface area contributed by atoms with Gasteiger partial charge in [0.05, 0.1) is 5.69 Å². The number of aromatic nitrogens is 1. The molecular formula is C10H16N2OS. The zero-order valence-electron chi connectivity index (χ0n) is 8.45. The van der Waals surface area contributed by atoms with Crippen LogP contribution in [0.4, 0.5) is 0 Å². The molecule has 2 heterocycles. The molecule has 3 nitrogen and oxygen atoms in total. The number of hydrogen-bond acceptors (Lipinski definition) is 4. The molecule has 4 heteroatoms. The minimum absolute atomic E-state index is 0.669. The average molecular weight is 212 g/mol. The molecule has 14 heavy (non-hydrogen) atoms. The van der Waals surface area contributed by atoms with E-state index in [1.54, 1.807) is 18.0 Å². The summed E-state index contributed by atoms with van der Waals surface area (Å²) >= 11 is 1.78. The Morgan fingerprint density at radius 3 is 3.21 bits per heavy atom. The second kappa shape index (κ2) is 4.84. The van der Waals surface area contributed by atoms with Gasteiger partial charge in [-0.05, 0) is 39.3 Å². The first kappa shape index (κ1) is 10.1. The second-order valence-electron chi connectivity index (χ2n) is 3.68. The van der Waals surface area contributed by atoms with E-state index in [0.29, 0.717) is 5.25 Å². The van der Waals surface area contributed by atoms with Crippen molar-refractivity contribution in [1.82, 2.24) is 10.3 Å². The van der Waals surface area contributed by atoms with Gasteiger partial charge in [0, 0.05) is 5.25 Å². The predicted molar refractivity (Wildman–Crippen MR) is 57.6 cm³/mol. The van der Waals surface area contributed by atoms with E-state index in [1.807, 2.05) is 6.92 Å². The highest BCUT2D eigenvalue weighted by Gasteiger charge is 2.15. The fourth-order valence-electron chi connectivity index (χ4n) is 1.63. The standard InChI is InChI=1S/C10H16N2OS/c1-8-7-13-10(12-8)14-9-3-2-5-11-6-4-9/h7,9,11H,2-6H2,1H3. The molecule has 2 rings (SSSR count). The summed E-state index contributed by atoms with van der Waals surface area (Å²) in [6.07, 6.45) is 5.46. The number of thioether (sulfide) groups is 1. The van der Waals surface area contributed by atoms with Crippen LogP contribution >= 0.6 is 11.8 Å². The number of hydrogen-bond donors (Lipinski definition) is 1. The van der Waals surface area contributed by atoms with Crippen molar-refractivity contribution in [1.29, 1.82) is 0 Å². The van der Waals surface area contributed by atoms with Gasteiger partial charge >= 0.3 is 0 Å². The Morgan fingerprint density at radius 1 is 1.50 bits per heavy atom. The SMILES string of the molecule is Cc1coc(SC2CCCNCC2)n1. The zero-order chi connectivity index (χ0) is 9.80. The molecule has 1 aromatic rings. The molecule has 1 unspecified atom stereocenters. The van der Waals surface area contributed by atoms with Gasteiger partial charge in [-0.3, -0.25) is 0 Å². The van der Waals surface area contributed by atoms with Crippen LogP contribution < -0.4 is 5.32 Å². The van der Waals surface area contributed by atoms with Crippen molar-refractivity contribution in [3.63, 3.8) is 0 Å². The molecule has 1 N–H and O–H groups in total. The van der Waals surface area contributed by atoms with E-state index in [-0.39, 0.29) is 0 Å². The van der Waals surface area contributed by atoms with E-state index in [1.165, 1.54) is 19.3 Å². The van der Waals surface area contributed by atoms with Crippen molar-refractivity contribution in [2.24, 2.45) is 0 Å². The number of oxazole rings is 1. The summed E-state index contributed by atoms with van der Waals surface area (Å²) in [5, 5.41) is 4.90. The van der Waals surface area contributed by atoms with E-state index in [4.69, 9.17) is 4.42 Å². The molecule has 0 spiro atoms. The molecule has 1 aliphatic heterocycles. The lowest BCUT2D eigenvalue weighted by molar-refractivity contribution is 0.452. The highest BCUT2D eigenvalue weighted by molar-refractivity contribution is 7.99. The lowest BCUT2D eigenvalue weighted by Crippen LogP contribution is -2.14. The van der Waals surface area contributed by atoms with Gasteiger partial charge < -0.3 is 9.73 Å². The minimum atomic E-state index is 0.669. The Balaban J connectivity index is 1.89. The van der Waals surface area contributed by atoms with Crippen LogP contribution in [-0.4, -0.2) is 23.3 Å². The summed E-state index contributed by atoms with van der Waals surface area (Å²) < 4.78 is 5.34. The largest absolute Gasteiger partial charge is 0.440 e. The van der Waals surface area contributed by atoms with Gasteiger partial charge in [-0.15, -0.1) is 0 Å². The van der Waals surface area contributed by atoms with E-state index in [9.17, 15) is 0 Å². The molecule has 1 fully saturated rings. The van der Waals surface area contributed by atoms with E-state index < -0.39 is 0 Å². The topological polar surface area (TPSA) is 38.1 Å². The monoisotopic (exact) mass is 212 g/mol. The maximum atomic E-state index is 5.34. The highest BCUT2D eigenvalue weighted by Crippen LogP contribution is 2.28. The van der Waals surface area contributed by atoms with Crippen molar-refractivity contribution >= 4 is 11.8 Å². The Kier molecular flexibility index (Phi) is 3.48. The molecule has 1 aromatic heterocycles. The molecule has 1 atom stereocenters. The number of aryl methyl sites for hydroxylation is 1. The number of nitrogens with zero attached hydrogens (tertiary/aromatic N) is 1. The normalized spacial score (nSPS) is 23.4. The quantitative estimate of drug-likeness (QED) is 0.815. The summed E-state index contributed by atoms with van der Waals surface area (Å²) in [7, 11) is 0. The average Bonchev–Trinajstić information content (AvgIpc) is 2.43. The maximum Gasteiger partial charge on any atom is 0.256 e. The van der Waals surface area contributed by atoms with Crippen LogP contribution in [0.3, 0.4) is 0 Å². The van der Waals surface area contributed by atoms with Crippen LogP contribution in [0.2, 0.25) is 0 Å². The third kappa shape index (κ3) is 2.75. The lowest BCUT2D eigenvalue weighted by atomic mass is 10.2. The Bertz CT molecular complexity index is 279. The molecule has 0 saturated carbocycles. The third-order valence-electron chi connectivity index (χ3n) is 2.39. The first-order chi connectivity index (χ1) is 6.84. The van der Waals surface area contributed by atoms with Crippen molar-refractivity contribution in [2.45, 2.75) is 36.7 Å². The Morgan fingerprint density at radius 2 is 2.43 bits per heavy atom. The van der Waals surface area contributed by atoms with E-state index in [0.717, 1.165) is 24.0 Å². The zero-order valence-corrected chi connectivity index (χ0v) is 9.27. The fourth-order valence-corrected chi connectivity index (χ4v) is 2.74. The van der Waals surface area contributed by atoms with Crippen molar-refractivity contribution in [2.75, 3.05) is 13.1 Å². The Labute approximate surface area is 88.7 Å². The fraction of sp³-hybridized carbons (Fsp3) is 0.700. The van der Waals surface area contributed by atoms with Gasteiger partial charge in [0.1, 0.15) is 6.26 Å². The molecule has 0 aromatic carbocycles. The molecule has 0 amide bonds. The summed E-state index contributed by atoms with van der Waals surface area (Å²) in [5.74, 6) is 0. The number of nitrogens with one attached hydrogen (secondary N) is 1. The van der Waals surface area contributed by atoms with Crippen molar-refractivity contribution < 1.29 is 4.42 Å². The first-order valence-electron chi connectivity index (χ1n) is 5.14. The summed E-state index contributed by atoms with van der Waals surface area (Å²) in [5.41, 5.74) is 0.972. The van der Waals surface area contributed by atoms with Gasteiger partial charge in [0.2, 0.25) is 0 Å². The smallest absolute Gasteiger partial charge is 0.256 e. The molecular weight excluding hydrogens is 196 g/mol. The van der Waals surface area contributed by atoms with Crippen LogP contribution in [0.5, 0.6) is 0 Å². The maximum absolute atomic E-state index is 5.34. The van der Waals surface area contributed by atoms with Crippen LogP contribution in [-0.2, 0) is 0 Å². The van der Waals surface area contributed by atoms with Crippen molar-refractivity contribution in [3.8, 4) is 0 Å². The van der Waals surface area contributed by atoms with E-state index >= 15 is 0 Å². The van der Waals surface area contributed by atoms with Crippen LogP contribution in [0.25, 0.3) is 0 Å². The van der Waals surface area contributed by atoms with Crippen LogP contribution in [0.1, 0.15) is 25.0 Å². The summed E-state index contributed by atoms with van der Waals surface area (Å²) in [6, 6.07) is 0. The molecule has 1 aliphatic rings. The van der Waals surface area contributed by atoms with Gasteiger partial charge in [-0.25, -0.2) is 4.98 Å². The molecule has 1 saturated heterocycles. The predicted octanol–water partition coefficient (Wildman–Crippen LogP) is 2.22. The molecule has 0 radical (unpaired) electrons. The summed E-state index contributed by atoms with van der Waals surface area (Å²) in [6.45, 7) is 4.24. The Hall–Kier alpha value is -0.480. The van der Waals surface area contributed by atoms with E-state index in [2.05, 4.69) is 10.3 Å². The first-order valence-corrected chi connectivity index (χ1v) is 6.02. The van der Waals surface area contributed by atoms with Gasteiger partial charge in [-0.2, -0.15) is 0 Å². The van der Waals surface area contributed by atoms with Crippen LogP contribution in [0, 0.1) is 6.92 Å². The highest BCUT2D eigenvalue weighted by atomic mass is 32.2. The third-order valence-corrected chi connectivity index (χ3v) is 3.58. The second-order valence-corrected chi connectivity index (χ2v) is 4.93.